The Labute approximate surface area is 95.9 Å². The van der Waals surface area contributed by atoms with Gasteiger partial charge in [-0.05, 0) is 16.8 Å². The van der Waals surface area contributed by atoms with E-state index in [0.29, 0.717) is 0 Å². The summed E-state index contributed by atoms with van der Waals surface area (Å²) >= 11 is 3.31. The van der Waals surface area contributed by atoms with Crippen LogP contribution in [0, 0.1) is 0 Å². The topological polar surface area (TPSA) is 56.5 Å². The van der Waals surface area contributed by atoms with Gasteiger partial charge in [-0.1, -0.05) is 18.7 Å². The first-order valence-electron chi connectivity index (χ1n) is 4.58. The second-order valence-electron chi connectivity index (χ2n) is 2.96. The maximum absolute atomic E-state index is 4.48. The number of rotatable bonds is 4. The van der Waals surface area contributed by atoms with Crippen LogP contribution in [0.5, 0.6) is 0 Å². The molecule has 2 aromatic rings. The summed E-state index contributed by atoms with van der Waals surface area (Å²) in [6.45, 7) is 2.11. The molecule has 15 heavy (non-hydrogen) atoms. The van der Waals surface area contributed by atoms with E-state index in [9.17, 15) is 0 Å². The predicted molar refractivity (Wildman–Crippen MR) is 59.9 cm³/mol. The first kappa shape index (κ1) is 10.6. The monoisotopic (exact) mass is 241 g/mol. The van der Waals surface area contributed by atoms with Gasteiger partial charge in [0.2, 0.25) is 5.16 Å². The Morgan fingerprint density at radius 3 is 3.00 bits per heavy atom. The minimum Gasteiger partial charge on any atom is -0.245 e. The van der Waals surface area contributed by atoms with Gasteiger partial charge in [-0.25, -0.2) is 9.67 Å². The minimum atomic E-state index is 0.820. The highest BCUT2D eigenvalue weighted by Crippen LogP contribution is 2.20. The number of aromatic nitrogens is 5. The minimum absolute atomic E-state index is 0.820. The van der Waals surface area contributed by atoms with Gasteiger partial charge < -0.3 is 0 Å². The number of thioether (sulfide) groups is 1. The van der Waals surface area contributed by atoms with Gasteiger partial charge in [0.15, 0.2) is 0 Å². The molecule has 0 N–H and O–H groups in total. The van der Waals surface area contributed by atoms with E-state index >= 15 is 0 Å². The lowest BCUT2D eigenvalue weighted by Crippen LogP contribution is -1.93. The zero-order valence-electron chi connectivity index (χ0n) is 8.54. The molecule has 2 rings (SSSR count). The van der Waals surface area contributed by atoms with E-state index in [1.54, 1.807) is 27.8 Å². The average molecular weight is 241 g/mol. The Kier molecular flexibility index (Phi) is 3.32. The van der Waals surface area contributed by atoms with Crippen LogP contribution in [0.15, 0.2) is 10.5 Å². The first-order chi connectivity index (χ1) is 7.29. The molecule has 2 aromatic heterocycles. The fourth-order valence-corrected chi connectivity index (χ4v) is 2.65. The summed E-state index contributed by atoms with van der Waals surface area (Å²) in [6.07, 6.45) is 1.00. The second-order valence-corrected chi connectivity index (χ2v) is 4.85. The Bertz CT molecular complexity index is 436. The third kappa shape index (κ3) is 2.54. The molecular formula is C8H11N5S2. The van der Waals surface area contributed by atoms with Gasteiger partial charge in [0.25, 0.3) is 0 Å². The normalized spacial score (nSPS) is 10.8. The molecule has 0 unspecified atom stereocenters. The largest absolute Gasteiger partial charge is 0.245 e. The van der Waals surface area contributed by atoms with Gasteiger partial charge in [-0.3, -0.25) is 0 Å². The van der Waals surface area contributed by atoms with Crippen molar-refractivity contribution in [2.45, 2.75) is 24.3 Å². The molecule has 0 fully saturated rings. The van der Waals surface area contributed by atoms with E-state index in [1.807, 2.05) is 7.05 Å². The Hall–Kier alpha value is -0.950. The molecule has 7 heteroatoms. The summed E-state index contributed by atoms with van der Waals surface area (Å²) in [5.74, 6) is 0.824. The lowest BCUT2D eigenvalue weighted by molar-refractivity contribution is 0.664. The lowest BCUT2D eigenvalue weighted by atomic mass is 10.5. The van der Waals surface area contributed by atoms with Gasteiger partial charge in [-0.2, -0.15) is 0 Å². The van der Waals surface area contributed by atoms with Crippen LogP contribution in [0.4, 0.5) is 0 Å². The van der Waals surface area contributed by atoms with Crippen molar-refractivity contribution in [2.24, 2.45) is 7.05 Å². The van der Waals surface area contributed by atoms with Crippen molar-refractivity contribution in [3.8, 4) is 0 Å². The zero-order valence-corrected chi connectivity index (χ0v) is 10.2. The highest BCUT2D eigenvalue weighted by atomic mass is 32.2. The molecular weight excluding hydrogens is 230 g/mol. The highest BCUT2D eigenvalue weighted by Gasteiger charge is 2.05. The molecule has 80 valence electrons. The standard InChI is InChI=1S/C8H11N5S2/c1-3-7-9-6(4-14-7)5-15-8-10-11-12-13(8)2/h4H,3,5H2,1-2H3. The average Bonchev–Trinajstić information content (AvgIpc) is 2.84. The maximum Gasteiger partial charge on any atom is 0.209 e. The summed E-state index contributed by atoms with van der Waals surface area (Å²) in [5.41, 5.74) is 1.10. The summed E-state index contributed by atoms with van der Waals surface area (Å²) < 4.78 is 1.66. The van der Waals surface area contributed by atoms with Crippen LogP contribution < -0.4 is 0 Å². The van der Waals surface area contributed by atoms with Crippen molar-refractivity contribution in [2.75, 3.05) is 0 Å². The summed E-state index contributed by atoms with van der Waals surface area (Å²) in [5, 5.41) is 15.3. The van der Waals surface area contributed by atoms with Crippen LogP contribution in [-0.4, -0.2) is 25.2 Å². The molecule has 0 aliphatic carbocycles. The number of thiazole rings is 1. The molecule has 0 amide bonds. The molecule has 0 aliphatic heterocycles. The maximum atomic E-state index is 4.48. The fourth-order valence-electron chi connectivity index (χ4n) is 1.06. The summed E-state index contributed by atoms with van der Waals surface area (Å²) in [4.78, 5) is 4.48. The van der Waals surface area contributed by atoms with E-state index in [1.165, 1.54) is 5.01 Å². The molecule has 0 aromatic carbocycles. The van der Waals surface area contributed by atoms with E-state index in [2.05, 4.69) is 32.8 Å². The Morgan fingerprint density at radius 1 is 1.53 bits per heavy atom. The van der Waals surface area contributed by atoms with Gasteiger partial charge in [0.05, 0.1) is 10.7 Å². The number of hydrogen-bond acceptors (Lipinski definition) is 6. The molecule has 0 bridgehead atoms. The molecule has 0 atom stereocenters. The second kappa shape index (κ2) is 4.71. The van der Waals surface area contributed by atoms with Crippen molar-refractivity contribution in [1.82, 2.24) is 25.2 Å². The molecule has 5 nitrogen and oxygen atoms in total. The molecule has 2 heterocycles. The third-order valence-electron chi connectivity index (χ3n) is 1.83. The SMILES string of the molecule is CCc1nc(CSc2nnnn2C)cs1. The van der Waals surface area contributed by atoms with Crippen molar-refractivity contribution in [3.63, 3.8) is 0 Å². The fraction of sp³-hybridized carbons (Fsp3) is 0.500. The van der Waals surface area contributed by atoms with Crippen molar-refractivity contribution in [3.05, 3.63) is 16.1 Å². The molecule has 0 saturated carbocycles. The predicted octanol–water partition coefficient (Wildman–Crippen LogP) is 1.52. The Balaban J connectivity index is 1.96. The quantitative estimate of drug-likeness (QED) is 0.760. The number of tetrazole rings is 1. The third-order valence-corrected chi connectivity index (χ3v) is 3.92. The van der Waals surface area contributed by atoms with Crippen LogP contribution in [0.25, 0.3) is 0 Å². The molecule has 0 spiro atoms. The van der Waals surface area contributed by atoms with E-state index in [-0.39, 0.29) is 0 Å². The van der Waals surface area contributed by atoms with Crippen LogP contribution in [0.3, 0.4) is 0 Å². The van der Waals surface area contributed by atoms with Crippen molar-refractivity contribution >= 4 is 23.1 Å². The zero-order chi connectivity index (χ0) is 10.7. The van der Waals surface area contributed by atoms with E-state index < -0.39 is 0 Å². The highest BCUT2D eigenvalue weighted by molar-refractivity contribution is 7.98. The van der Waals surface area contributed by atoms with E-state index in [4.69, 9.17) is 0 Å². The lowest BCUT2D eigenvalue weighted by Gasteiger charge is -1.95. The van der Waals surface area contributed by atoms with Crippen LogP contribution in [0.1, 0.15) is 17.6 Å². The number of hydrogen-bond donors (Lipinski definition) is 0. The molecule has 0 aliphatic rings. The van der Waals surface area contributed by atoms with Crippen molar-refractivity contribution in [1.29, 1.82) is 0 Å². The Morgan fingerprint density at radius 2 is 2.40 bits per heavy atom. The number of aryl methyl sites for hydroxylation is 2. The van der Waals surface area contributed by atoms with Crippen LogP contribution in [0.2, 0.25) is 0 Å². The summed E-state index contributed by atoms with van der Waals surface area (Å²) in [7, 11) is 1.83. The van der Waals surface area contributed by atoms with Gasteiger partial charge in [-0.15, -0.1) is 16.4 Å². The van der Waals surface area contributed by atoms with Crippen LogP contribution in [-0.2, 0) is 19.2 Å². The molecule has 0 radical (unpaired) electrons. The van der Waals surface area contributed by atoms with Gasteiger partial charge in [0.1, 0.15) is 0 Å². The first-order valence-corrected chi connectivity index (χ1v) is 6.44. The van der Waals surface area contributed by atoms with Gasteiger partial charge in [0, 0.05) is 18.2 Å². The summed E-state index contributed by atoms with van der Waals surface area (Å²) in [6, 6.07) is 0. The van der Waals surface area contributed by atoms with Crippen LogP contribution >= 0.6 is 23.1 Å². The van der Waals surface area contributed by atoms with Gasteiger partial charge >= 0.3 is 0 Å². The van der Waals surface area contributed by atoms with Crippen molar-refractivity contribution < 1.29 is 0 Å². The molecule has 0 saturated heterocycles. The number of nitrogens with zero attached hydrogens (tertiary/aromatic N) is 5. The van der Waals surface area contributed by atoms with E-state index in [0.717, 1.165) is 23.0 Å². The smallest absolute Gasteiger partial charge is 0.209 e.